The van der Waals surface area contributed by atoms with Crippen molar-refractivity contribution >= 4 is 101 Å². The predicted octanol–water partition coefficient (Wildman–Crippen LogP) is 16.3. The first kappa shape index (κ1) is 43.6. The zero-order valence-electron chi connectivity index (χ0n) is 42.3. The molecule has 0 unspecified atom stereocenters. The maximum atomic E-state index is 6.89. The summed E-state index contributed by atoms with van der Waals surface area (Å²) in [6.07, 6.45) is 0.799. The van der Waals surface area contributed by atoms with E-state index >= 15 is 0 Å². The van der Waals surface area contributed by atoms with Crippen LogP contribution < -0.4 is 35.7 Å². The fourth-order valence-electron chi connectivity index (χ4n) is 12.2. The highest BCUT2D eigenvalue weighted by Crippen LogP contribution is 2.53. The largest absolute Gasteiger partial charge is 0.489 e. The Morgan fingerprint density at radius 1 is 0.440 bits per heavy atom. The molecule has 6 nitrogen and oxygen atoms in total. The molecule has 360 valence electrons. The molecular weight excluding hydrogens is 920 g/mol. The lowest BCUT2D eigenvalue weighted by molar-refractivity contribution is 0.297. The Morgan fingerprint density at radius 2 is 1.00 bits per heavy atom. The quantitative estimate of drug-likeness (QED) is 0.160. The zero-order chi connectivity index (χ0) is 50.1. The van der Waals surface area contributed by atoms with Crippen LogP contribution in [0.5, 0.6) is 11.5 Å². The Bertz CT molecular complexity index is 4300. The van der Waals surface area contributed by atoms with Gasteiger partial charge in [0.05, 0.1) is 13.2 Å². The smallest absolute Gasteiger partial charge is 0.252 e. The Labute approximate surface area is 436 Å². The summed E-state index contributed by atoms with van der Waals surface area (Å²) in [5.41, 5.74) is 22.8. The van der Waals surface area contributed by atoms with Crippen LogP contribution in [-0.4, -0.2) is 19.9 Å². The van der Waals surface area contributed by atoms with Crippen LogP contribution in [0, 0.1) is 6.92 Å². The van der Waals surface area contributed by atoms with Gasteiger partial charge in [-0.1, -0.05) is 136 Å². The second-order valence-corrected chi connectivity index (χ2v) is 21.5. The van der Waals surface area contributed by atoms with Crippen LogP contribution in [0.4, 0.5) is 34.1 Å². The average Bonchev–Trinajstić information content (AvgIpc) is 3.99. The molecule has 0 saturated carbocycles. The third-order valence-electron chi connectivity index (χ3n) is 15.8. The van der Waals surface area contributed by atoms with Crippen molar-refractivity contribution in [2.45, 2.75) is 39.5 Å². The summed E-state index contributed by atoms with van der Waals surface area (Å²) >= 11 is 0. The Balaban J connectivity index is 0.980. The van der Waals surface area contributed by atoms with E-state index < -0.39 is 0 Å². The van der Waals surface area contributed by atoms with E-state index in [9.17, 15) is 0 Å². The lowest BCUT2D eigenvalue weighted by Gasteiger charge is -2.45. The fraction of sp³-hybridized carbons (Fsp3) is 0.118. The number of nitrogens with zero attached hydrogens (tertiary/aromatic N) is 2. The van der Waals surface area contributed by atoms with Gasteiger partial charge in [-0.25, -0.2) is 0 Å². The number of anilines is 6. The minimum atomic E-state index is -0.125. The van der Waals surface area contributed by atoms with Crippen LogP contribution >= 0.6 is 0 Å². The van der Waals surface area contributed by atoms with E-state index in [-0.39, 0.29) is 12.1 Å². The number of furan rings is 2. The van der Waals surface area contributed by atoms with E-state index in [2.05, 4.69) is 219 Å². The first-order valence-electron chi connectivity index (χ1n) is 26.2. The van der Waals surface area contributed by atoms with Crippen LogP contribution in [0.1, 0.15) is 38.3 Å². The summed E-state index contributed by atoms with van der Waals surface area (Å²) in [7, 11) is 0. The summed E-state index contributed by atoms with van der Waals surface area (Å²) in [4.78, 5) is 5.00. The monoisotopic (exact) mass is 970 g/mol. The van der Waals surface area contributed by atoms with Crippen LogP contribution in [0.3, 0.4) is 0 Å². The molecule has 0 atom stereocenters. The van der Waals surface area contributed by atoms with Gasteiger partial charge in [0.2, 0.25) is 0 Å². The number of benzene rings is 10. The second-order valence-electron chi connectivity index (χ2n) is 21.5. The molecule has 3 aliphatic rings. The van der Waals surface area contributed by atoms with E-state index in [1.807, 2.05) is 18.2 Å². The molecule has 15 rings (SSSR count). The highest BCUT2D eigenvalue weighted by molar-refractivity contribution is 7.00. The van der Waals surface area contributed by atoms with E-state index in [1.54, 1.807) is 0 Å². The molecule has 10 aromatic carbocycles. The van der Waals surface area contributed by atoms with Crippen LogP contribution in [0.15, 0.2) is 209 Å². The topological polar surface area (TPSA) is 51.2 Å². The molecule has 12 aromatic rings. The lowest BCUT2D eigenvalue weighted by Crippen LogP contribution is -2.61. The molecule has 0 aliphatic carbocycles. The van der Waals surface area contributed by atoms with Crippen LogP contribution in [0.2, 0.25) is 0 Å². The molecule has 0 bridgehead atoms. The maximum absolute atomic E-state index is 6.89. The van der Waals surface area contributed by atoms with Gasteiger partial charge in [-0.15, -0.1) is 0 Å². The number of rotatable bonds is 5. The van der Waals surface area contributed by atoms with Crippen molar-refractivity contribution in [3.05, 3.63) is 211 Å². The normalized spacial score (nSPS) is 13.8. The van der Waals surface area contributed by atoms with Gasteiger partial charge in [-0.3, -0.25) is 0 Å². The second kappa shape index (κ2) is 16.5. The Hall–Kier alpha value is -8.94. The van der Waals surface area contributed by atoms with Gasteiger partial charge in [0.25, 0.3) is 6.71 Å². The van der Waals surface area contributed by atoms with Crippen molar-refractivity contribution in [3.63, 3.8) is 0 Å². The number of ether oxygens (including phenoxy) is 2. The fourth-order valence-corrected chi connectivity index (χ4v) is 12.2. The number of aryl methyl sites for hydroxylation is 1. The summed E-state index contributed by atoms with van der Waals surface area (Å²) in [5.74, 6) is 1.53. The first-order chi connectivity index (χ1) is 36.7. The van der Waals surface area contributed by atoms with Gasteiger partial charge in [0.15, 0.2) is 11.5 Å². The molecule has 3 aliphatic heterocycles. The van der Waals surface area contributed by atoms with Crippen LogP contribution in [0.25, 0.3) is 77.3 Å². The van der Waals surface area contributed by atoms with Crippen molar-refractivity contribution in [1.29, 1.82) is 0 Å². The van der Waals surface area contributed by atoms with Crippen molar-refractivity contribution in [2.75, 3.05) is 23.0 Å². The molecule has 2 aromatic heterocycles. The number of fused-ring (bicyclic) bond motifs is 11. The van der Waals surface area contributed by atoms with Gasteiger partial charge >= 0.3 is 0 Å². The molecule has 0 fully saturated rings. The lowest BCUT2D eigenvalue weighted by atomic mass is 9.33. The van der Waals surface area contributed by atoms with Crippen molar-refractivity contribution in [1.82, 2.24) is 0 Å². The Kier molecular flexibility index (Phi) is 9.62. The summed E-state index contributed by atoms with van der Waals surface area (Å²) < 4.78 is 26.3. The average molecular weight is 971 g/mol. The molecule has 75 heavy (non-hydrogen) atoms. The van der Waals surface area contributed by atoms with Gasteiger partial charge in [-0.2, -0.15) is 0 Å². The molecule has 7 heteroatoms. The van der Waals surface area contributed by atoms with E-state index in [0.717, 1.165) is 135 Å². The van der Waals surface area contributed by atoms with E-state index in [0.29, 0.717) is 13.2 Å². The van der Waals surface area contributed by atoms with Gasteiger partial charge < -0.3 is 28.1 Å². The highest BCUT2D eigenvalue weighted by atomic mass is 16.5. The SMILES string of the molecule is Cc1cc2c3c(c1)N(c1c(-c4ccccc4)ccc4c1OCCCO4)c1ccc(C(C)(C)C)cc1B3c1cc(-c3ccc4c(c3)oc3ccccc34)ccc1N2c1ccc(-c2ccc3c(c2)oc2ccccc23)cc1. The highest BCUT2D eigenvalue weighted by Gasteiger charge is 2.45. The van der Waals surface area contributed by atoms with E-state index in [1.165, 1.54) is 22.0 Å². The van der Waals surface area contributed by atoms with Gasteiger partial charge in [0, 0.05) is 62.0 Å². The third-order valence-corrected chi connectivity index (χ3v) is 15.8. The Morgan fingerprint density at radius 3 is 1.71 bits per heavy atom. The summed E-state index contributed by atoms with van der Waals surface area (Å²) in [6, 6.07) is 73.0. The third kappa shape index (κ3) is 6.87. The van der Waals surface area contributed by atoms with E-state index in [4.69, 9.17) is 18.3 Å². The standard InChI is InChI=1S/C68H51BN2O4/c1-41-35-58-65-59(36-41)71(66-49(43-13-6-5-7-14-43)29-32-62-67(66)73-34-12-33-72-62)57-31-24-47(68(2,3)4)40-55(57)69(65)54-37-44(46-22-28-53-51-16-9-11-18-61(51)75-64(53)39-46)23-30-56(54)70(58)48-25-19-42(20-26-48)45-21-27-52-50-15-8-10-17-60(50)74-63(52)38-45/h5-11,13-32,35-40H,12,33-34H2,1-4H3. The predicted molar refractivity (Wildman–Crippen MR) is 310 cm³/mol. The number of hydrogen-bond acceptors (Lipinski definition) is 6. The molecule has 0 N–H and O–H groups in total. The van der Waals surface area contributed by atoms with Crippen molar-refractivity contribution in [2.24, 2.45) is 0 Å². The number of hydrogen-bond donors (Lipinski definition) is 0. The minimum Gasteiger partial charge on any atom is -0.489 e. The molecule has 0 amide bonds. The van der Waals surface area contributed by atoms with Crippen molar-refractivity contribution < 1.29 is 18.3 Å². The molecule has 0 radical (unpaired) electrons. The molecule has 0 saturated heterocycles. The van der Waals surface area contributed by atoms with Gasteiger partial charge in [0.1, 0.15) is 28.0 Å². The molecular formula is C68H51BN2O4. The van der Waals surface area contributed by atoms with Gasteiger partial charge in [-0.05, 0) is 153 Å². The van der Waals surface area contributed by atoms with Crippen molar-refractivity contribution in [3.8, 4) is 44.9 Å². The summed E-state index contributed by atoms with van der Waals surface area (Å²) in [5, 5.41) is 4.50. The number of para-hydroxylation sites is 2. The first-order valence-corrected chi connectivity index (χ1v) is 26.2. The zero-order valence-corrected chi connectivity index (χ0v) is 42.3. The molecule has 5 heterocycles. The van der Waals surface area contributed by atoms with Crippen LogP contribution in [-0.2, 0) is 5.41 Å². The molecule has 0 spiro atoms. The minimum absolute atomic E-state index is 0.115. The maximum Gasteiger partial charge on any atom is 0.252 e. The summed E-state index contributed by atoms with van der Waals surface area (Å²) in [6.45, 7) is 10.2.